The fraction of sp³-hybridized carbons (Fsp3) is 0.909. The number of amides is 1. The van der Waals surface area contributed by atoms with Crippen LogP contribution >= 0.6 is 0 Å². The fourth-order valence-electron chi connectivity index (χ4n) is 2.02. The molecule has 1 amide bonds. The number of likely N-dealkylation sites (tertiary alicyclic amines) is 1. The minimum Gasteiger partial charge on any atom is -0.346 e. The summed E-state index contributed by atoms with van der Waals surface area (Å²) >= 11 is 0. The lowest BCUT2D eigenvalue weighted by atomic mass is 10.1. The van der Waals surface area contributed by atoms with Gasteiger partial charge in [0.1, 0.15) is 6.54 Å². The second kappa shape index (κ2) is 6.94. The van der Waals surface area contributed by atoms with Gasteiger partial charge < -0.3 is 15.5 Å². The molecule has 1 unspecified atom stereocenters. The monoisotopic (exact) mass is 267 g/mol. The summed E-state index contributed by atoms with van der Waals surface area (Å²) in [5.74, 6) is -0.127. The van der Waals surface area contributed by atoms with E-state index >= 15 is 0 Å². The maximum Gasteiger partial charge on any atom is 0.405 e. The van der Waals surface area contributed by atoms with Gasteiger partial charge in [-0.25, -0.2) is 0 Å². The summed E-state index contributed by atoms with van der Waals surface area (Å²) in [7, 11) is 0. The molecule has 1 heterocycles. The SMILES string of the molecule is CCN1CCC(CNCC(=O)NCC(F)(F)F)C1. The van der Waals surface area contributed by atoms with Gasteiger partial charge >= 0.3 is 6.18 Å². The zero-order valence-electron chi connectivity index (χ0n) is 10.5. The molecule has 1 aliphatic rings. The molecule has 0 aromatic rings. The lowest BCUT2D eigenvalue weighted by Gasteiger charge is -2.14. The summed E-state index contributed by atoms with van der Waals surface area (Å²) in [5.41, 5.74) is 0. The van der Waals surface area contributed by atoms with Crippen molar-refractivity contribution in [3.8, 4) is 0 Å². The highest BCUT2D eigenvalue weighted by Gasteiger charge is 2.27. The number of nitrogens with one attached hydrogen (secondary N) is 2. The summed E-state index contributed by atoms with van der Waals surface area (Å²) in [4.78, 5) is 13.4. The fourth-order valence-corrected chi connectivity index (χ4v) is 2.02. The first-order valence-electron chi connectivity index (χ1n) is 6.17. The van der Waals surface area contributed by atoms with Crippen molar-refractivity contribution < 1.29 is 18.0 Å². The normalized spacial score (nSPS) is 21.2. The Morgan fingerprint density at radius 3 is 2.72 bits per heavy atom. The molecular weight excluding hydrogens is 247 g/mol. The van der Waals surface area contributed by atoms with Gasteiger partial charge in [-0.05, 0) is 32.0 Å². The molecule has 0 aromatic heterocycles. The molecule has 7 heteroatoms. The van der Waals surface area contributed by atoms with Crippen LogP contribution in [-0.2, 0) is 4.79 Å². The first-order chi connectivity index (χ1) is 8.40. The zero-order valence-corrected chi connectivity index (χ0v) is 10.5. The van der Waals surface area contributed by atoms with Crippen molar-refractivity contribution in [1.29, 1.82) is 0 Å². The third kappa shape index (κ3) is 6.20. The van der Waals surface area contributed by atoms with E-state index in [1.165, 1.54) is 0 Å². The zero-order chi connectivity index (χ0) is 13.6. The van der Waals surface area contributed by atoms with E-state index in [1.54, 1.807) is 0 Å². The van der Waals surface area contributed by atoms with E-state index in [0.29, 0.717) is 12.5 Å². The van der Waals surface area contributed by atoms with Crippen molar-refractivity contribution in [2.75, 3.05) is 39.3 Å². The van der Waals surface area contributed by atoms with Crippen molar-refractivity contribution in [3.05, 3.63) is 0 Å². The predicted octanol–water partition coefficient (Wildman–Crippen LogP) is 0.596. The quantitative estimate of drug-likeness (QED) is 0.740. The van der Waals surface area contributed by atoms with Gasteiger partial charge in [0.25, 0.3) is 0 Å². The first-order valence-corrected chi connectivity index (χ1v) is 6.17. The summed E-state index contributed by atoms with van der Waals surface area (Å²) in [6.45, 7) is 4.52. The summed E-state index contributed by atoms with van der Waals surface area (Å²) < 4.78 is 35.5. The summed E-state index contributed by atoms with van der Waals surface area (Å²) in [6.07, 6.45) is -3.27. The third-order valence-corrected chi connectivity index (χ3v) is 3.02. The Hall–Kier alpha value is -0.820. The van der Waals surface area contributed by atoms with E-state index in [2.05, 4.69) is 17.1 Å². The van der Waals surface area contributed by atoms with Crippen LogP contribution in [0.5, 0.6) is 0 Å². The highest BCUT2D eigenvalue weighted by atomic mass is 19.4. The van der Waals surface area contributed by atoms with Gasteiger partial charge in [-0.1, -0.05) is 6.92 Å². The average molecular weight is 267 g/mol. The van der Waals surface area contributed by atoms with E-state index in [0.717, 1.165) is 26.1 Å². The van der Waals surface area contributed by atoms with Gasteiger partial charge in [-0.3, -0.25) is 4.79 Å². The van der Waals surface area contributed by atoms with Gasteiger partial charge in [0.05, 0.1) is 6.54 Å². The van der Waals surface area contributed by atoms with Gasteiger partial charge in [-0.15, -0.1) is 0 Å². The second-order valence-corrected chi connectivity index (χ2v) is 4.57. The van der Waals surface area contributed by atoms with E-state index in [9.17, 15) is 18.0 Å². The van der Waals surface area contributed by atoms with Gasteiger partial charge in [0, 0.05) is 6.54 Å². The van der Waals surface area contributed by atoms with Gasteiger partial charge in [-0.2, -0.15) is 13.2 Å². The number of hydrogen-bond acceptors (Lipinski definition) is 3. The van der Waals surface area contributed by atoms with E-state index in [1.807, 2.05) is 5.32 Å². The Morgan fingerprint density at radius 2 is 2.17 bits per heavy atom. The van der Waals surface area contributed by atoms with Crippen LogP contribution in [0.1, 0.15) is 13.3 Å². The predicted molar refractivity (Wildman–Crippen MR) is 62.2 cm³/mol. The smallest absolute Gasteiger partial charge is 0.346 e. The third-order valence-electron chi connectivity index (χ3n) is 3.02. The van der Waals surface area contributed by atoms with Crippen molar-refractivity contribution >= 4 is 5.91 Å². The number of alkyl halides is 3. The number of hydrogen-bond donors (Lipinski definition) is 2. The Balaban J connectivity index is 2.06. The molecule has 0 bridgehead atoms. The molecule has 106 valence electrons. The maximum absolute atomic E-state index is 11.8. The van der Waals surface area contributed by atoms with E-state index in [4.69, 9.17) is 0 Å². The molecule has 18 heavy (non-hydrogen) atoms. The first kappa shape index (κ1) is 15.2. The molecule has 1 rings (SSSR count). The number of carbonyl (C=O) groups excluding carboxylic acids is 1. The molecule has 0 aliphatic carbocycles. The molecule has 0 spiro atoms. The van der Waals surface area contributed by atoms with E-state index < -0.39 is 18.6 Å². The van der Waals surface area contributed by atoms with Crippen molar-refractivity contribution in [2.45, 2.75) is 19.5 Å². The molecule has 1 saturated heterocycles. The number of nitrogens with zero attached hydrogens (tertiary/aromatic N) is 1. The van der Waals surface area contributed by atoms with Crippen molar-refractivity contribution in [1.82, 2.24) is 15.5 Å². The number of rotatable bonds is 6. The highest BCUT2D eigenvalue weighted by Crippen LogP contribution is 2.14. The minimum atomic E-state index is -4.34. The van der Waals surface area contributed by atoms with Crippen molar-refractivity contribution in [3.63, 3.8) is 0 Å². The van der Waals surface area contributed by atoms with Crippen LogP contribution in [0.15, 0.2) is 0 Å². The maximum atomic E-state index is 11.8. The molecule has 2 N–H and O–H groups in total. The van der Waals surface area contributed by atoms with Crippen LogP contribution in [-0.4, -0.2) is 56.3 Å². The van der Waals surface area contributed by atoms with Crippen molar-refractivity contribution in [2.24, 2.45) is 5.92 Å². The van der Waals surface area contributed by atoms with Crippen LogP contribution in [0.4, 0.5) is 13.2 Å². The topological polar surface area (TPSA) is 44.4 Å². The van der Waals surface area contributed by atoms with Crippen LogP contribution in [0, 0.1) is 5.92 Å². The number of carbonyl (C=O) groups is 1. The molecule has 0 radical (unpaired) electrons. The van der Waals surface area contributed by atoms with Crippen LogP contribution in [0.2, 0.25) is 0 Å². The Labute approximate surface area is 105 Å². The molecular formula is C11H20F3N3O. The Morgan fingerprint density at radius 1 is 1.44 bits per heavy atom. The lowest BCUT2D eigenvalue weighted by molar-refractivity contribution is -0.137. The van der Waals surface area contributed by atoms with E-state index in [-0.39, 0.29) is 6.54 Å². The Bertz CT molecular complexity index is 271. The second-order valence-electron chi connectivity index (χ2n) is 4.57. The summed E-state index contributed by atoms with van der Waals surface area (Å²) in [5, 5.41) is 4.73. The average Bonchev–Trinajstić information content (AvgIpc) is 2.73. The minimum absolute atomic E-state index is 0.0568. The molecule has 4 nitrogen and oxygen atoms in total. The number of halogens is 3. The molecule has 0 aromatic carbocycles. The molecule has 1 fully saturated rings. The lowest BCUT2D eigenvalue weighted by Crippen LogP contribution is -2.40. The van der Waals surface area contributed by atoms with Crippen LogP contribution in [0.3, 0.4) is 0 Å². The molecule has 0 saturated carbocycles. The van der Waals surface area contributed by atoms with Crippen LogP contribution in [0.25, 0.3) is 0 Å². The molecule has 1 atom stereocenters. The largest absolute Gasteiger partial charge is 0.405 e. The standard InChI is InChI=1S/C11H20F3N3O/c1-2-17-4-3-9(7-17)5-15-6-10(18)16-8-11(12,13)14/h9,15H,2-8H2,1H3,(H,16,18). The van der Waals surface area contributed by atoms with Gasteiger partial charge in [0.2, 0.25) is 5.91 Å². The summed E-state index contributed by atoms with van der Waals surface area (Å²) in [6, 6.07) is 0. The van der Waals surface area contributed by atoms with Gasteiger partial charge in [0.15, 0.2) is 0 Å². The highest BCUT2D eigenvalue weighted by molar-refractivity contribution is 5.77. The molecule has 1 aliphatic heterocycles. The Kier molecular flexibility index (Phi) is 5.87. The van der Waals surface area contributed by atoms with Crippen LogP contribution < -0.4 is 10.6 Å².